The molecule has 4 rings (SSSR count). The van der Waals surface area contributed by atoms with Crippen molar-refractivity contribution >= 4 is 11.6 Å². The van der Waals surface area contributed by atoms with Crippen molar-refractivity contribution in [2.24, 2.45) is 0 Å². The summed E-state index contributed by atoms with van der Waals surface area (Å²) in [4.78, 5) is 33.2. The minimum absolute atomic E-state index is 0.0226. The standard InChI is InChI=1S/C21H16F2N4O4/c1-11-17(28)14(8-13-2-3-15(22)16(23)9-13)21(30)27-18(11)26-20(31-27)19(29)25-10-12-4-6-24-7-5-12/h2-7,9,28H,8,10H2,1H3,(H,25,29). The number of nitrogens with one attached hydrogen (secondary N) is 1. The molecule has 0 aliphatic rings. The van der Waals surface area contributed by atoms with E-state index in [2.05, 4.69) is 15.3 Å². The summed E-state index contributed by atoms with van der Waals surface area (Å²) in [6.07, 6.45) is 3.00. The fourth-order valence-electron chi connectivity index (χ4n) is 3.09. The maximum Gasteiger partial charge on any atom is 0.314 e. The number of carbonyl (C=O) groups excluding carboxylic acids is 1. The average Bonchev–Trinajstić information content (AvgIpc) is 3.23. The Labute approximate surface area is 173 Å². The maximum absolute atomic E-state index is 13.5. The molecule has 0 saturated carbocycles. The van der Waals surface area contributed by atoms with Crippen LogP contribution >= 0.6 is 0 Å². The zero-order chi connectivity index (χ0) is 22.1. The van der Waals surface area contributed by atoms with Gasteiger partial charge >= 0.3 is 11.8 Å². The minimum Gasteiger partial charge on any atom is -0.507 e. The van der Waals surface area contributed by atoms with Crippen LogP contribution in [0.5, 0.6) is 5.75 Å². The number of rotatable bonds is 5. The van der Waals surface area contributed by atoms with E-state index in [4.69, 9.17) is 4.52 Å². The Balaban J connectivity index is 1.66. The van der Waals surface area contributed by atoms with Crippen molar-refractivity contribution < 1.29 is 23.2 Å². The molecule has 10 heteroatoms. The molecule has 0 bridgehead atoms. The number of carbonyl (C=O) groups is 1. The number of amides is 1. The van der Waals surface area contributed by atoms with E-state index >= 15 is 0 Å². The molecule has 31 heavy (non-hydrogen) atoms. The molecule has 0 atom stereocenters. The number of pyridine rings is 2. The van der Waals surface area contributed by atoms with E-state index in [-0.39, 0.29) is 46.9 Å². The highest BCUT2D eigenvalue weighted by molar-refractivity contribution is 5.90. The van der Waals surface area contributed by atoms with Gasteiger partial charge in [0.05, 0.1) is 5.56 Å². The average molecular weight is 426 g/mol. The number of hydrogen-bond acceptors (Lipinski definition) is 6. The van der Waals surface area contributed by atoms with E-state index in [9.17, 15) is 23.5 Å². The number of hydrogen-bond donors (Lipinski definition) is 2. The van der Waals surface area contributed by atoms with E-state index in [1.54, 1.807) is 24.5 Å². The molecule has 2 N–H and O–H groups in total. The van der Waals surface area contributed by atoms with Gasteiger partial charge < -0.3 is 14.9 Å². The summed E-state index contributed by atoms with van der Waals surface area (Å²) in [5, 5.41) is 13.1. The Kier molecular flexibility index (Phi) is 5.20. The highest BCUT2D eigenvalue weighted by Gasteiger charge is 2.22. The van der Waals surface area contributed by atoms with Crippen molar-refractivity contribution in [1.29, 1.82) is 0 Å². The Morgan fingerprint density at radius 3 is 2.61 bits per heavy atom. The van der Waals surface area contributed by atoms with Gasteiger partial charge in [-0.25, -0.2) is 8.78 Å². The fourth-order valence-corrected chi connectivity index (χ4v) is 3.09. The lowest BCUT2D eigenvalue weighted by Gasteiger charge is -2.07. The first-order chi connectivity index (χ1) is 14.8. The third kappa shape index (κ3) is 3.87. The van der Waals surface area contributed by atoms with Crippen molar-refractivity contribution in [2.75, 3.05) is 0 Å². The van der Waals surface area contributed by atoms with Crippen LogP contribution in [0.3, 0.4) is 0 Å². The number of nitrogens with zero attached hydrogens (tertiary/aromatic N) is 3. The van der Waals surface area contributed by atoms with Crippen LogP contribution in [0.25, 0.3) is 5.65 Å². The zero-order valence-corrected chi connectivity index (χ0v) is 16.2. The highest BCUT2D eigenvalue weighted by atomic mass is 19.2. The van der Waals surface area contributed by atoms with E-state index in [0.29, 0.717) is 0 Å². The summed E-state index contributed by atoms with van der Waals surface area (Å²) < 4.78 is 32.8. The largest absolute Gasteiger partial charge is 0.507 e. The van der Waals surface area contributed by atoms with Gasteiger partial charge in [0, 0.05) is 30.9 Å². The highest BCUT2D eigenvalue weighted by Crippen LogP contribution is 2.25. The summed E-state index contributed by atoms with van der Waals surface area (Å²) in [6.45, 7) is 1.70. The van der Waals surface area contributed by atoms with Gasteiger partial charge in [0.2, 0.25) is 0 Å². The van der Waals surface area contributed by atoms with Crippen molar-refractivity contribution in [3.8, 4) is 5.75 Å². The molecule has 0 saturated heterocycles. The van der Waals surface area contributed by atoms with Gasteiger partial charge in [-0.05, 0) is 42.3 Å². The van der Waals surface area contributed by atoms with Gasteiger partial charge in [0.1, 0.15) is 5.75 Å². The Morgan fingerprint density at radius 2 is 1.90 bits per heavy atom. The molecule has 0 radical (unpaired) electrons. The molecule has 3 heterocycles. The Hall–Kier alpha value is -4.08. The summed E-state index contributed by atoms with van der Waals surface area (Å²) in [6, 6.07) is 6.63. The normalized spacial score (nSPS) is 11.1. The van der Waals surface area contributed by atoms with Gasteiger partial charge in [0.15, 0.2) is 17.3 Å². The van der Waals surface area contributed by atoms with Crippen LogP contribution in [0, 0.1) is 18.6 Å². The van der Waals surface area contributed by atoms with Gasteiger partial charge in [-0.3, -0.25) is 14.6 Å². The van der Waals surface area contributed by atoms with Crippen LogP contribution in [0.15, 0.2) is 52.0 Å². The molecule has 0 fully saturated rings. The molecule has 0 aliphatic carbocycles. The molecule has 0 spiro atoms. The van der Waals surface area contributed by atoms with E-state index in [0.717, 1.165) is 22.3 Å². The second-order valence-corrected chi connectivity index (χ2v) is 6.85. The topological polar surface area (TPSA) is 110 Å². The smallest absolute Gasteiger partial charge is 0.314 e. The summed E-state index contributed by atoms with van der Waals surface area (Å²) in [5.74, 6) is -3.46. The van der Waals surface area contributed by atoms with Gasteiger partial charge in [0.25, 0.3) is 5.56 Å². The van der Waals surface area contributed by atoms with Crippen LogP contribution < -0.4 is 10.9 Å². The molecule has 1 aromatic carbocycles. The van der Waals surface area contributed by atoms with Gasteiger partial charge in [-0.1, -0.05) is 6.07 Å². The second kappa shape index (κ2) is 7.98. The Bertz CT molecular complexity index is 1350. The lowest BCUT2D eigenvalue weighted by Crippen LogP contribution is -2.23. The first-order valence-electron chi connectivity index (χ1n) is 9.20. The second-order valence-electron chi connectivity index (χ2n) is 6.85. The number of halogens is 2. The molecular weight excluding hydrogens is 410 g/mol. The van der Waals surface area contributed by atoms with Crippen LogP contribution in [0.1, 0.15) is 32.9 Å². The number of aromatic nitrogens is 3. The van der Waals surface area contributed by atoms with Crippen molar-refractivity contribution in [3.05, 3.63) is 92.9 Å². The predicted octanol–water partition coefficient (Wildman–Crippen LogP) is 2.50. The third-order valence-corrected chi connectivity index (χ3v) is 4.76. The molecule has 158 valence electrons. The fraction of sp³-hybridized carbons (Fsp3) is 0.143. The molecular formula is C21H16F2N4O4. The first-order valence-corrected chi connectivity index (χ1v) is 9.20. The predicted molar refractivity (Wildman–Crippen MR) is 105 cm³/mol. The van der Waals surface area contributed by atoms with Crippen LogP contribution in [0.2, 0.25) is 0 Å². The molecule has 0 unspecified atom stereocenters. The van der Waals surface area contributed by atoms with E-state index in [1.807, 2.05) is 0 Å². The molecule has 3 aromatic heterocycles. The molecule has 8 nitrogen and oxygen atoms in total. The lowest BCUT2D eigenvalue weighted by atomic mass is 10.0. The summed E-state index contributed by atoms with van der Waals surface area (Å²) >= 11 is 0. The van der Waals surface area contributed by atoms with E-state index < -0.39 is 23.1 Å². The van der Waals surface area contributed by atoms with Gasteiger partial charge in [-0.2, -0.15) is 4.98 Å². The van der Waals surface area contributed by atoms with Crippen LogP contribution in [-0.4, -0.2) is 25.6 Å². The number of fused-ring (bicyclic) bond motifs is 1. The minimum atomic E-state index is -1.07. The Morgan fingerprint density at radius 1 is 1.16 bits per heavy atom. The third-order valence-electron chi connectivity index (χ3n) is 4.76. The van der Waals surface area contributed by atoms with E-state index in [1.165, 1.54) is 13.0 Å². The van der Waals surface area contributed by atoms with Crippen LogP contribution in [0.4, 0.5) is 8.78 Å². The number of benzene rings is 1. The number of aromatic hydroxyl groups is 1. The summed E-state index contributed by atoms with van der Waals surface area (Å²) in [7, 11) is 0. The molecule has 4 aromatic rings. The van der Waals surface area contributed by atoms with Crippen molar-refractivity contribution in [1.82, 2.24) is 19.9 Å². The van der Waals surface area contributed by atoms with Gasteiger partial charge in [-0.15, -0.1) is 4.57 Å². The van der Waals surface area contributed by atoms with Crippen molar-refractivity contribution in [3.63, 3.8) is 0 Å². The summed E-state index contributed by atoms with van der Waals surface area (Å²) in [5.41, 5.74) is 0.406. The monoisotopic (exact) mass is 426 g/mol. The van der Waals surface area contributed by atoms with Crippen molar-refractivity contribution in [2.45, 2.75) is 19.9 Å². The molecule has 0 aliphatic heterocycles. The number of aryl methyl sites for hydroxylation is 1. The maximum atomic E-state index is 13.5. The van der Waals surface area contributed by atoms with Crippen LogP contribution in [-0.2, 0) is 13.0 Å². The SMILES string of the molecule is Cc1c(O)c(Cc2ccc(F)c(F)c2)c(=O)n2oc(C(=O)NCc3ccncc3)nc12. The lowest BCUT2D eigenvalue weighted by molar-refractivity contribution is 0.0901. The zero-order valence-electron chi connectivity index (χ0n) is 16.2. The molecule has 1 amide bonds. The quantitative estimate of drug-likeness (QED) is 0.508. The first kappa shape index (κ1) is 20.2.